The number of rotatable bonds is 4. The van der Waals surface area contributed by atoms with Crippen molar-refractivity contribution in [1.29, 1.82) is 0 Å². The van der Waals surface area contributed by atoms with E-state index < -0.39 is 4.92 Å². The van der Waals surface area contributed by atoms with Crippen molar-refractivity contribution in [2.24, 2.45) is 11.8 Å². The number of piperidine rings is 1. The van der Waals surface area contributed by atoms with Gasteiger partial charge in [0, 0.05) is 25.1 Å². The number of fused-ring (bicyclic) bond motifs is 1. The van der Waals surface area contributed by atoms with Gasteiger partial charge in [0.1, 0.15) is 0 Å². The van der Waals surface area contributed by atoms with Crippen LogP contribution in [0.15, 0.2) is 18.2 Å². The lowest BCUT2D eigenvalue weighted by Gasteiger charge is -2.29. The molecule has 1 fully saturated rings. The molecule has 1 atom stereocenters. The minimum Gasteiger partial charge on any atom is -0.317 e. The molecule has 0 aromatic heterocycles. The third-order valence-electron chi connectivity index (χ3n) is 5.16. The summed E-state index contributed by atoms with van der Waals surface area (Å²) in [6, 6.07) is 4.83. The minimum absolute atomic E-state index is 0.0508. The second kappa shape index (κ2) is 6.66. The highest BCUT2D eigenvalue weighted by molar-refractivity contribution is 5.96. The molecule has 1 aromatic carbocycles. The zero-order valence-electron chi connectivity index (χ0n) is 13.5. The van der Waals surface area contributed by atoms with E-state index in [2.05, 4.69) is 12.2 Å². The molecule has 124 valence electrons. The summed E-state index contributed by atoms with van der Waals surface area (Å²) < 4.78 is 0. The van der Waals surface area contributed by atoms with Gasteiger partial charge in [-0.25, -0.2) is 0 Å². The van der Waals surface area contributed by atoms with E-state index in [1.165, 1.54) is 12.1 Å². The Morgan fingerprint density at radius 1 is 1.43 bits per heavy atom. The smallest absolute Gasteiger partial charge is 0.271 e. The highest BCUT2D eigenvalue weighted by Crippen LogP contribution is 2.33. The van der Waals surface area contributed by atoms with Gasteiger partial charge < -0.3 is 10.2 Å². The largest absolute Gasteiger partial charge is 0.317 e. The molecule has 0 saturated carbocycles. The SMILES string of the molecule is CC(CC(=O)N1CCc2ccc([N+](=O)[O-])cc21)C1CCNCC1. The van der Waals surface area contributed by atoms with Crippen molar-refractivity contribution in [2.75, 3.05) is 24.5 Å². The van der Waals surface area contributed by atoms with Crippen molar-refractivity contribution in [1.82, 2.24) is 5.32 Å². The number of anilines is 1. The first-order chi connectivity index (χ1) is 11.1. The van der Waals surface area contributed by atoms with Crippen LogP contribution in [0, 0.1) is 22.0 Å². The quantitative estimate of drug-likeness (QED) is 0.684. The summed E-state index contributed by atoms with van der Waals surface area (Å²) >= 11 is 0. The van der Waals surface area contributed by atoms with Crippen molar-refractivity contribution < 1.29 is 9.72 Å². The molecule has 2 aliphatic rings. The monoisotopic (exact) mass is 317 g/mol. The maximum absolute atomic E-state index is 12.7. The van der Waals surface area contributed by atoms with Crippen LogP contribution in [0.5, 0.6) is 0 Å². The number of nitro benzene ring substituents is 1. The number of hydrogen-bond donors (Lipinski definition) is 1. The summed E-state index contributed by atoms with van der Waals surface area (Å²) in [5, 5.41) is 14.3. The van der Waals surface area contributed by atoms with Crippen molar-refractivity contribution in [2.45, 2.75) is 32.6 Å². The maximum atomic E-state index is 12.7. The predicted octanol–water partition coefficient (Wildman–Crippen LogP) is 2.51. The molecule has 3 rings (SSSR count). The lowest BCUT2D eigenvalue weighted by atomic mass is 9.84. The molecule has 23 heavy (non-hydrogen) atoms. The van der Waals surface area contributed by atoms with E-state index in [0.717, 1.165) is 43.6 Å². The van der Waals surface area contributed by atoms with E-state index in [4.69, 9.17) is 0 Å². The van der Waals surface area contributed by atoms with E-state index in [1.54, 1.807) is 11.0 Å². The Morgan fingerprint density at radius 3 is 2.87 bits per heavy atom. The number of carbonyl (C=O) groups excluding carboxylic acids is 1. The van der Waals surface area contributed by atoms with Crippen LogP contribution in [-0.2, 0) is 11.2 Å². The van der Waals surface area contributed by atoms with Crippen LogP contribution in [0.4, 0.5) is 11.4 Å². The normalized spacial score (nSPS) is 19.4. The average Bonchev–Trinajstić information content (AvgIpc) is 2.98. The molecule has 0 aliphatic carbocycles. The van der Waals surface area contributed by atoms with Crippen molar-refractivity contribution in [3.63, 3.8) is 0 Å². The number of hydrogen-bond acceptors (Lipinski definition) is 4. The molecular weight excluding hydrogens is 294 g/mol. The Bertz CT molecular complexity index is 611. The average molecular weight is 317 g/mol. The number of nitrogens with one attached hydrogen (secondary N) is 1. The summed E-state index contributed by atoms with van der Waals surface area (Å²) in [5.74, 6) is 1.04. The van der Waals surface area contributed by atoms with Gasteiger partial charge in [-0.2, -0.15) is 0 Å². The van der Waals surface area contributed by atoms with Crippen molar-refractivity contribution in [3.05, 3.63) is 33.9 Å². The molecule has 2 heterocycles. The molecule has 6 heteroatoms. The summed E-state index contributed by atoms with van der Waals surface area (Å²) in [7, 11) is 0. The number of nitro groups is 1. The van der Waals surface area contributed by atoms with E-state index in [-0.39, 0.29) is 11.6 Å². The summed E-state index contributed by atoms with van der Waals surface area (Å²) in [4.78, 5) is 25.0. The highest BCUT2D eigenvalue weighted by atomic mass is 16.6. The lowest BCUT2D eigenvalue weighted by molar-refractivity contribution is -0.384. The van der Waals surface area contributed by atoms with Gasteiger partial charge >= 0.3 is 0 Å². The van der Waals surface area contributed by atoms with Crippen LogP contribution >= 0.6 is 0 Å². The Morgan fingerprint density at radius 2 is 2.17 bits per heavy atom. The Hall–Kier alpha value is -1.95. The third-order valence-corrected chi connectivity index (χ3v) is 5.16. The molecule has 1 N–H and O–H groups in total. The Kier molecular flexibility index (Phi) is 4.61. The first-order valence-electron chi connectivity index (χ1n) is 8.34. The maximum Gasteiger partial charge on any atom is 0.271 e. The summed E-state index contributed by atoms with van der Waals surface area (Å²) in [5.41, 5.74) is 1.80. The molecule has 1 unspecified atom stereocenters. The second-order valence-electron chi connectivity index (χ2n) is 6.63. The van der Waals surface area contributed by atoms with Gasteiger partial charge in [-0.1, -0.05) is 13.0 Å². The number of carbonyl (C=O) groups is 1. The van der Waals surface area contributed by atoms with Gasteiger partial charge in [0.15, 0.2) is 0 Å². The zero-order valence-corrected chi connectivity index (χ0v) is 13.5. The standard InChI is InChI=1S/C17H23N3O3/c1-12(13-4-7-18-8-5-13)10-17(21)19-9-6-14-2-3-15(20(22)23)11-16(14)19/h2-3,11-13,18H,4-10H2,1H3. The molecule has 1 aromatic rings. The van der Waals surface area contributed by atoms with Gasteiger partial charge in [-0.15, -0.1) is 0 Å². The van der Waals surface area contributed by atoms with Crippen LogP contribution < -0.4 is 10.2 Å². The zero-order chi connectivity index (χ0) is 16.4. The molecule has 1 saturated heterocycles. The molecule has 2 aliphatic heterocycles. The van der Waals surface area contributed by atoms with Crippen molar-refractivity contribution >= 4 is 17.3 Å². The van der Waals surface area contributed by atoms with Crippen LogP contribution in [0.25, 0.3) is 0 Å². The van der Waals surface area contributed by atoms with Crippen LogP contribution in [-0.4, -0.2) is 30.5 Å². The van der Waals surface area contributed by atoms with E-state index >= 15 is 0 Å². The first kappa shape index (κ1) is 15.9. The van der Waals surface area contributed by atoms with Crippen LogP contribution in [0.2, 0.25) is 0 Å². The van der Waals surface area contributed by atoms with E-state index in [0.29, 0.717) is 24.8 Å². The number of non-ortho nitro benzene ring substituents is 1. The molecule has 1 amide bonds. The van der Waals surface area contributed by atoms with Crippen LogP contribution in [0.3, 0.4) is 0 Å². The van der Waals surface area contributed by atoms with Crippen molar-refractivity contribution in [3.8, 4) is 0 Å². The Balaban J connectivity index is 1.70. The molecular formula is C17H23N3O3. The number of nitrogens with zero attached hydrogens (tertiary/aromatic N) is 2. The topological polar surface area (TPSA) is 75.5 Å². The fourth-order valence-electron chi connectivity index (χ4n) is 3.71. The summed E-state index contributed by atoms with van der Waals surface area (Å²) in [6.45, 7) is 4.84. The van der Waals surface area contributed by atoms with E-state index in [9.17, 15) is 14.9 Å². The minimum atomic E-state index is -0.404. The predicted molar refractivity (Wildman–Crippen MR) is 88.5 cm³/mol. The number of amides is 1. The van der Waals surface area contributed by atoms with Gasteiger partial charge in [-0.05, 0) is 49.8 Å². The van der Waals surface area contributed by atoms with E-state index in [1.807, 2.05) is 0 Å². The van der Waals surface area contributed by atoms with Gasteiger partial charge in [0.05, 0.1) is 10.6 Å². The molecule has 0 spiro atoms. The molecule has 0 radical (unpaired) electrons. The fourth-order valence-corrected chi connectivity index (χ4v) is 3.71. The fraction of sp³-hybridized carbons (Fsp3) is 0.588. The molecule has 0 bridgehead atoms. The summed E-state index contributed by atoms with van der Waals surface area (Å²) in [6.07, 6.45) is 3.54. The third kappa shape index (κ3) is 3.37. The lowest BCUT2D eigenvalue weighted by Crippen LogP contribution is -2.35. The van der Waals surface area contributed by atoms with Crippen LogP contribution in [0.1, 0.15) is 31.7 Å². The van der Waals surface area contributed by atoms with Gasteiger partial charge in [0.2, 0.25) is 5.91 Å². The van der Waals surface area contributed by atoms with Gasteiger partial charge in [0.25, 0.3) is 5.69 Å². The molecule has 6 nitrogen and oxygen atoms in total. The second-order valence-corrected chi connectivity index (χ2v) is 6.63. The number of benzene rings is 1. The van der Waals surface area contributed by atoms with Gasteiger partial charge in [-0.3, -0.25) is 14.9 Å². The first-order valence-corrected chi connectivity index (χ1v) is 8.34. The Labute approximate surface area is 136 Å². The highest BCUT2D eigenvalue weighted by Gasteiger charge is 2.29.